The number of carbonyl (C=O) groups excluding carboxylic acids is 1. The average molecular weight is 388 g/mol. The molecule has 1 fully saturated rings. The molecule has 1 aromatic carbocycles. The number of hydrogen-bond acceptors (Lipinski definition) is 3. The Morgan fingerprint density at radius 1 is 1.04 bits per heavy atom. The number of carbonyl (C=O) groups is 1. The molecular formula is C17H19F3N2O3S. The van der Waals surface area contributed by atoms with E-state index >= 15 is 0 Å². The van der Waals surface area contributed by atoms with Crippen molar-refractivity contribution in [2.45, 2.75) is 18.0 Å². The molecule has 0 bridgehead atoms. The molecule has 0 spiro atoms. The first-order valence-electron chi connectivity index (χ1n) is 7.92. The number of benzene rings is 1. The third kappa shape index (κ3) is 4.73. The SMILES string of the molecule is C/C=C/C=C/C(=O)N1CCN(S(=O)(=O)c2ccc(C(F)(F)F)cc2)CC1. The van der Waals surface area contributed by atoms with Crippen LogP contribution < -0.4 is 0 Å². The van der Waals surface area contributed by atoms with Gasteiger partial charge in [0, 0.05) is 32.3 Å². The zero-order chi connectivity index (χ0) is 19.4. The molecule has 0 aliphatic carbocycles. The van der Waals surface area contributed by atoms with Crippen molar-refractivity contribution in [3.8, 4) is 0 Å². The second-order valence-electron chi connectivity index (χ2n) is 5.64. The molecule has 0 radical (unpaired) electrons. The van der Waals surface area contributed by atoms with Gasteiger partial charge in [-0.2, -0.15) is 17.5 Å². The number of hydrogen-bond donors (Lipinski definition) is 0. The Morgan fingerprint density at radius 2 is 1.62 bits per heavy atom. The monoisotopic (exact) mass is 388 g/mol. The largest absolute Gasteiger partial charge is 0.416 e. The van der Waals surface area contributed by atoms with Crippen molar-refractivity contribution in [1.29, 1.82) is 0 Å². The number of alkyl halides is 3. The quantitative estimate of drug-likeness (QED) is 0.589. The highest BCUT2D eigenvalue weighted by Crippen LogP contribution is 2.30. The summed E-state index contributed by atoms with van der Waals surface area (Å²) in [6.45, 7) is 2.44. The summed E-state index contributed by atoms with van der Waals surface area (Å²) < 4.78 is 64.1. The van der Waals surface area contributed by atoms with E-state index in [4.69, 9.17) is 0 Å². The minimum absolute atomic E-state index is 0.0898. The summed E-state index contributed by atoms with van der Waals surface area (Å²) in [5.41, 5.74) is -0.903. The lowest BCUT2D eigenvalue weighted by molar-refractivity contribution is -0.137. The van der Waals surface area contributed by atoms with E-state index in [1.807, 2.05) is 6.92 Å². The first kappa shape index (κ1) is 20.2. The van der Waals surface area contributed by atoms with Gasteiger partial charge in [0.2, 0.25) is 15.9 Å². The van der Waals surface area contributed by atoms with Crippen LogP contribution in [0.25, 0.3) is 0 Å². The van der Waals surface area contributed by atoms with Crippen LogP contribution in [0.1, 0.15) is 12.5 Å². The van der Waals surface area contributed by atoms with E-state index in [0.717, 1.165) is 24.3 Å². The summed E-state index contributed by atoms with van der Waals surface area (Å²) in [6.07, 6.45) is 1.98. The highest BCUT2D eigenvalue weighted by molar-refractivity contribution is 7.89. The van der Waals surface area contributed by atoms with Gasteiger partial charge in [0.25, 0.3) is 0 Å². The molecule has 1 heterocycles. The van der Waals surface area contributed by atoms with E-state index in [2.05, 4.69) is 0 Å². The predicted octanol–water partition coefficient (Wildman–Crippen LogP) is 2.67. The highest BCUT2D eigenvalue weighted by Gasteiger charge is 2.32. The topological polar surface area (TPSA) is 57.7 Å². The maximum atomic E-state index is 12.6. The van der Waals surface area contributed by atoms with Crippen LogP contribution in [0.15, 0.2) is 53.5 Å². The standard InChI is InChI=1S/C17H19F3N2O3S/c1-2-3-4-5-16(23)21-10-12-22(13-11-21)26(24,25)15-8-6-14(7-9-15)17(18,19)20/h2-9H,10-13H2,1H3/b3-2+,5-4+. The van der Waals surface area contributed by atoms with Gasteiger partial charge < -0.3 is 4.90 Å². The number of piperazine rings is 1. The Balaban J connectivity index is 2.05. The van der Waals surface area contributed by atoms with E-state index in [1.165, 1.54) is 15.3 Å². The molecule has 1 aliphatic rings. The molecule has 142 valence electrons. The summed E-state index contributed by atoms with van der Waals surface area (Å²) >= 11 is 0. The van der Waals surface area contributed by atoms with Crippen molar-refractivity contribution in [3.05, 3.63) is 54.1 Å². The molecule has 9 heteroatoms. The lowest BCUT2D eigenvalue weighted by Gasteiger charge is -2.33. The van der Waals surface area contributed by atoms with Gasteiger partial charge in [0.15, 0.2) is 0 Å². The van der Waals surface area contributed by atoms with Crippen LogP contribution in [0.2, 0.25) is 0 Å². The number of allylic oxidation sites excluding steroid dienone is 3. The van der Waals surface area contributed by atoms with Crippen LogP contribution in [0.5, 0.6) is 0 Å². The number of rotatable bonds is 4. The zero-order valence-corrected chi connectivity index (χ0v) is 14.9. The molecule has 2 rings (SSSR count). The maximum Gasteiger partial charge on any atom is 0.416 e. The summed E-state index contributed by atoms with van der Waals surface area (Å²) in [5, 5.41) is 0. The highest BCUT2D eigenvalue weighted by atomic mass is 32.2. The fourth-order valence-electron chi connectivity index (χ4n) is 2.47. The summed E-state index contributed by atoms with van der Waals surface area (Å²) in [6, 6.07) is 3.41. The van der Waals surface area contributed by atoms with Gasteiger partial charge in [-0.25, -0.2) is 8.42 Å². The Morgan fingerprint density at radius 3 is 2.12 bits per heavy atom. The van der Waals surface area contributed by atoms with Gasteiger partial charge in [-0.05, 0) is 31.2 Å². The second kappa shape index (κ2) is 8.05. The van der Waals surface area contributed by atoms with Crippen molar-refractivity contribution in [2.24, 2.45) is 0 Å². The Labute approximate surface area is 150 Å². The number of nitrogens with zero attached hydrogens (tertiary/aromatic N) is 2. The molecule has 26 heavy (non-hydrogen) atoms. The van der Waals surface area contributed by atoms with Crippen molar-refractivity contribution >= 4 is 15.9 Å². The van der Waals surface area contributed by atoms with E-state index < -0.39 is 21.8 Å². The van der Waals surface area contributed by atoms with Crippen LogP contribution in [-0.2, 0) is 21.0 Å². The molecule has 0 saturated carbocycles. The third-order valence-electron chi connectivity index (χ3n) is 3.91. The van der Waals surface area contributed by atoms with E-state index in [0.29, 0.717) is 0 Å². The number of halogens is 3. The van der Waals surface area contributed by atoms with Crippen LogP contribution in [-0.4, -0.2) is 49.7 Å². The minimum Gasteiger partial charge on any atom is -0.337 e. The minimum atomic E-state index is -4.52. The summed E-state index contributed by atoms with van der Waals surface area (Å²) in [5.74, 6) is -0.213. The van der Waals surface area contributed by atoms with E-state index in [-0.39, 0.29) is 37.0 Å². The molecule has 0 aromatic heterocycles. The first-order chi connectivity index (χ1) is 12.2. The van der Waals surface area contributed by atoms with Crippen molar-refractivity contribution < 1.29 is 26.4 Å². The molecule has 1 aliphatic heterocycles. The third-order valence-corrected chi connectivity index (χ3v) is 5.82. The van der Waals surface area contributed by atoms with Crippen molar-refractivity contribution in [3.63, 3.8) is 0 Å². The van der Waals surface area contributed by atoms with Gasteiger partial charge in [-0.15, -0.1) is 0 Å². The normalized spacial score (nSPS) is 17.3. The fourth-order valence-corrected chi connectivity index (χ4v) is 3.89. The van der Waals surface area contributed by atoms with Crippen LogP contribution in [0, 0.1) is 0 Å². The molecule has 5 nitrogen and oxygen atoms in total. The maximum absolute atomic E-state index is 12.6. The van der Waals surface area contributed by atoms with Crippen LogP contribution in [0.4, 0.5) is 13.2 Å². The first-order valence-corrected chi connectivity index (χ1v) is 9.36. The van der Waals surface area contributed by atoms with E-state index in [1.54, 1.807) is 18.2 Å². The van der Waals surface area contributed by atoms with Gasteiger partial charge >= 0.3 is 6.18 Å². The summed E-state index contributed by atoms with van der Waals surface area (Å²) in [7, 11) is -3.90. The Kier molecular flexibility index (Phi) is 6.25. The van der Waals surface area contributed by atoms with Crippen molar-refractivity contribution in [2.75, 3.05) is 26.2 Å². The second-order valence-corrected chi connectivity index (χ2v) is 7.57. The fraction of sp³-hybridized carbons (Fsp3) is 0.353. The van der Waals surface area contributed by atoms with Gasteiger partial charge in [-0.1, -0.05) is 18.2 Å². The lowest BCUT2D eigenvalue weighted by atomic mass is 10.2. The lowest BCUT2D eigenvalue weighted by Crippen LogP contribution is -2.50. The molecule has 1 amide bonds. The number of sulfonamides is 1. The summed E-state index contributed by atoms with van der Waals surface area (Å²) in [4.78, 5) is 13.3. The van der Waals surface area contributed by atoms with E-state index in [9.17, 15) is 26.4 Å². The average Bonchev–Trinajstić information content (AvgIpc) is 2.61. The zero-order valence-electron chi connectivity index (χ0n) is 14.1. The Bertz CT molecular complexity index is 792. The predicted molar refractivity (Wildman–Crippen MR) is 90.7 cm³/mol. The smallest absolute Gasteiger partial charge is 0.337 e. The van der Waals surface area contributed by atoms with Gasteiger partial charge in [0.05, 0.1) is 10.5 Å². The molecule has 1 aromatic rings. The molecule has 0 unspecified atom stereocenters. The molecule has 0 N–H and O–H groups in total. The van der Waals surface area contributed by atoms with Crippen LogP contribution >= 0.6 is 0 Å². The van der Waals surface area contributed by atoms with Crippen molar-refractivity contribution in [1.82, 2.24) is 9.21 Å². The molecular weight excluding hydrogens is 369 g/mol. The molecule has 0 atom stereocenters. The Hall–Kier alpha value is -2.13. The molecule has 1 saturated heterocycles. The van der Waals surface area contributed by atoms with Gasteiger partial charge in [0.1, 0.15) is 0 Å². The van der Waals surface area contributed by atoms with Crippen LogP contribution in [0.3, 0.4) is 0 Å². The number of amides is 1. The van der Waals surface area contributed by atoms with Gasteiger partial charge in [-0.3, -0.25) is 4.79 Å².